The van der Waals surface area contributed by atoms with Gasteiger partial charge in [0.2, 0.25) is 35.5 Å². The van der Waals surface area contributed by atoms with E-state index in [1.54, 1.807) is 37.3 Å². The second kappa shape index (κ2) is 25.5. The molecule has 406 valence electrons. The first kappa shape index (κ1) is 57.1. The number of amides is 5. The molecule has 7 rings (SSSR count). The van der Waals surface area contributed by atoms with E-state index in [1.165, 1.54) is 11.1 Å². The number of halogens is 1. The summed E-state index contributed by atoms with van der Waals surface area (Å²) in [6.07, 6.45) is 1.71. The van der Waals surface area contributed by atoms with Crippen LogP contribution in [0.2, 0.25) is 5.02 Å². The van der Waals surface area contributed by atoms with Gasteiger partial charge in [0.1, 0.15) is 30.0 Å². The number of methoxy groups -OCH3 is 1. The molecule has 19 nitrogen and oxygen atoms in total. The number of aliphatic hydroxyl groups is 1. The lowest BCUT2D eigenvalue weighted by atomic mass is 9.85. The lowest BCUT2D eigenvalue weighted by Crippen LogP contribution is -2.57. The Morgan fingerprint density at radius 1 is 0.895 bits per heavy atom. The van der Waals surface area contributed by atoms with Gasteiger partial charge in [-0.25, -0.2) is 9.97 Å². The van der Waals surface area contributed by atoms with E-state index in [1.807, 2.05) is 99.3 Å². The van der Waals surface area contributed by atoms with Crippen molar-refractivity contribution in [2.75, 3.05) is 75.2 Å². The number of hydrogen-bond donors (Lipinski definition) is 6. The normalized spacial score (nSPS) is 16.2. The van der Waals surface area contributed by atoms with Gasteiger partial charge >= 0.3 is 0 Å². The Bertz CT molecular complexity index is 2920. The number of β-amino-alcohol motifs (C(OH)–C–C–N with tert-alkyl or cyclic N) is 1. The first-order valence-electron chi connectivity index (χ1n) is 25.4. The van der Waals surface area contributed by atoms with Crippen LogP contribution in [0, 0.1) is 12.3 Å². The van der Waals surface area contributed by atoms with E-state index < -0.39 is 42.6 Å². The fourth-order valence-electron chi connectivity index (χ4n) is 9.14. The van der Waals surface area contributed by atoms with Crippen molar-refractivity contribution in [2.45, 2.75) is 91.0 Å². The Morgan fingerprint density at radius 3 is 2.30 bits per heavy atom. The van der Waals surface area contributed by atoms with Gasteiger partial charge in [0.05, 0.1) is 46.9 Å². The predicted molar refractivity (Wildman–Crippen MR) is 299 cm³/mol. The summed E-state index contributed by atoms with van der Waals surface area (Å²) in [5.74, 6) is -0.308. The van der Waals surface area contributed by atoms with Crippen molar-refractivity contribution in [1.82, 2.24) is 40.7 Å². The van der Waals surface area contributed by atoms with E-state index in [2.05, 4.69) is 46.4 Å². The molecule has 0 saturated carbocycles. The maximum absolute atomic E-state index is 14.0. The molecule has 3 atom stereocenters. The molecule has 3 aromatic carbocycles. The van der Waals surface area contributed by atoms with Crippen LogP contribution in [-0.4, -0.2) is 137 Å². The number of hydrogen-bond acceptors (Lipinski definition) is 15. The predicted octanol–water partition coefficient (Wildman–Crippen LogP) is 6.83. The van der Waals surface area contributed by atoms with Crippen molar-refractivity contribution < 1.29 is 38.4 Å². The molecule has 22 heteroatoms. The third kappa shape index (κ3) is 15.1. The number of nitrogens with zero attached hydrogens (tertiary/aromatic N) is 6. The number of carbonyl (C=O) groups excluding carboxylic acids is 5. The first-order valence-corrected chi connectivity index (χ1v) is 29.3. The van der Waals surface area contributed by atoms with Gasteiger partial charge in [-0.3, -0.25) is 24.0 Å². The molecular formula is C54H69ClN11O8PS. The van der Waals surface area contributed by atoms with E-state index in [9.17, 15) is 33.6 Å². The number of carbonyl (C=O) groups is 5. The Labute approximate surface area is 453 Å². The number of aliphatic hydroxyl groups excluding tert-OH is 1. The van der Waals surface area contributed by atoms with E-state index in [-0.39, 0.29) is 68.9 Å². The summed E-state index contributed by atoms with van der Waals surface area (Å²) in [7, 11) is -1.01. The zero-order valence-electron chi connectivity index (χ0n) is 44.2. The fourth-order valence-corrected chi connectivity index (χ4v) is 11.2. The van der Waals surface area contributed by atoms with Gasteiger partial charge in [-0.2, -0.15) is 4.98 Å². The van der Waals surface area contributed by atoms with E-state index >= 15 is 0 Å². The summed E-state index contributed by atoms with van der Waals surface area (Å²) in [6, 6.07) is 19.0. The van der Waals surface area contributed by atoms with E-state index in [4.69, 9.17) is 16.3 Å². The Balaban J connectivity index is 0.800. The molecule has 2 aliphatic rings. The second-order valence-corrected chi connectivity index (χ2v) is 25.0. The molecule has 2 aromatic heterocycles. The quantitative estimate of drug-likeness (QED) is 0.0326. The molecule has 2 saturated heterocycles. The third-order valence-electron chi connectivity index (χ3n) is 13.3. The lowest BCUT2D eigenvalue weighted by Gasteiger charge is -2.36. The molecule has 0 spiro atoms. The molecule has 5 amide bonds. The van der Waals surface area contributed by atoms with Crippen LogP contribution in [0.5, 0.6) is 5.75 Å². The molecule has 0 unspecified atom stereocenters. The summed E-state index contributed by atoms with van der Waals surface area (Å²) < 4.78 is 18.7. The minimum Gasteiger partial charge on any atom is -0.494 e. The topological polar surface area (TPSA) is 240 Å². The van der Waals surface area contributed by atoms with Gasteiger partial charge in [0.25, 0.3) is 0 Å². The Morgan fingerprint density at radius 2 is 1.62 bits per heavy atom. The molecule has 0 radical (unpaired) electrons. The maximum Gasteiger partial charge on any atom is 0.246 e. The lowest BCUT2D eigenvalue weighted by molar-refractivity contribution is -0.144. The number of piperazine rings is 1. The number of anilines is 5. The van der Waals surface area contributed by atoms with Crippen LogP contribution in [0.4, 0.5) is 28.8 Å². The molecule has 5 aromatic rings. The number of thiazole rings is 1. The van der Waals surface area contributed by atoms with Crippen LogP contribution >= 0.6 is 30.1 Å². The third-order valence-corrected chi connectivity index (χ3v) is 16.1. The molecule has 2 fully saturated rings. The number of ether oxygens (including phenoxy) is 1. The van der Waals surface area contributed by atoms with Gasteiger partial charge in [0, 0.05) is 88.6 Å². The number of aromatic nitrogens is 3. The zero-order chi connectivity index (χ0) is 54.7. The maximum atomic E-state index is 14.0. The van der Waals surface area contributed by atoms with Gasteiger partial charge in [0.15, 0.2) is 5.82 Å². The SMILES string of the molecule is COc1cc(N2CCN(C(=O)CCCNC(=O)CCCC(=O)N[C@H](C(=O)N3C[C@H](O)C[C@H]3C(=O)NCc3ccc(-c4scnc4C)cc3)C(C)(C)C)CC2)ccc1Nc1ncc(Cl)c(Nc2ccccc2P(C)(C)=O)n1. The number of benzene rings is 3. The van der Waals surface area contributed by atoms with Gasteiger partial charge in [-0.1, -0.05) is 68.8 Å². The van der Waals surface area contributed by atoms with Crippen molar-refractivity contribution in [3.8, 4) is 16.2 Å². The summed E-state index contributed by atoms with van der Waals surface area (Å²) in [4.78, 5) is 86.4. The van der Waals surface area contributed by atoms with E-state index in [0.717, 1.165) is 27.4 Å². The van der Waals surface area contributed by atoms with Gasteiger partial charge in [-0.15, -0.1) is 11.3 Å². The zero-order valence-corrected chi connectivity index (χ0v) is 46.6. The minimum atomic E-state index is -2.59. The average Bonchev–Trinajstić information content (AvgIpc) is 4.02. The van der Waals surface area contributed by atoms with Gasteiger partial charge < -0.3 is 55.7 Å². The highest BCUT2D eigenvalue weighted by molar-refractivity contribution is 7.70. The summed E-state index contributed by atoms with van der Waals surface area (Å²) in [6.45, 7) is 13.6. The number of nitrogens with one attached hydrogen (secondary N) is 5. The van der Waals surface area contributed by atoms with Crippen LogP contribution in [0.15, 0.2) is 78.4 Å². The Hall–Kier alpha value is -6.60. The highest BCUT2D eigenvalue weighted by Gasteiger charge is 2.44. The van der Waals surface area contributed by atoms with Crippen molar-refractivity contribution in [3.05, 3.63) is 94.7 Å². The molecule has 0 bridgehead atoms. The molecule has 76 heavy (non-hydrogen) atoms. The van der Waals surface area contributed by atoms with E-state index in [0.29, 0.717) is 72.4 Å². The highest BCUT2D eigenvalue weighted by atomic mass is 35.5. The van der Waals surface area contributed by atoms with Crippen LogP contribution in [0.3, 0.4) is 0 Å². The molecule has 2 aliphatic heterocycles. The number of para-hydroxylation sites is 1. The van der Waals surface area contributed by atoms with Crippen LogP contribution < -0.4 is 41.5 Å². The van der Waals surface area contributed by atoms with Crippen molar-refractivity contribution >= 4 is 93.7 Å². The monoisotopic (exact) mass is 1100 g/mol. The first-order chi connectivity index (χ1) is 36.2. The molecule has 4 heterocycles. The second-order valence-electron chi connectivity index (χ2n) is 20.5. The largest absolute Gasteiger partial charge is 0.494 e. The minimum absolute atomic E-state index is 0.00190. The summed E-state index contributed by atoms with van der Waals surface area (Å²) in [5.41, 5.74) is 6.15. The van der Waals surface area contributed by atoms with Crippen LogP contribution in [0.25, 0.3) is 10.4 Å². The van der Waals surface area contributed by atoms with Crippen LogP contribution in [-0.2, 0) is 35.1 Å². The van der Waals surface area contributed by atoms with Crippen molar-refractivity contribution in [1.29, 1.82) is 0 Å². The molecular weight excluding hydrogens is 1030 g/mol. The fraction of sp³-hybridized carbons (Fsp3) is 0.444. The summed E-state index contributed by atoms with van der Waals surface area (Å²) in [5, 5.41) is 26.6. The average molecular weight is 1100 g/mol. The molecule has 0 aliphatic carbocycles. The number of rotatable bonds is 21. The van der Waals surface area contributed by atoms with Gasteiger partial charge in [-0.05, 0) is 73.9 Å². The van der Waals surface area contributed by atoms with Crippen LogP contribution in [0.1, 0.15) is 70.6 Å². The highest BCUT2D eigenvalue weighted by Crippen LogP contribution is 2.39. The van der Waals surface area contributed by atoms with Crippen molar-refractivity contribution in [3.63, 3.8) is 0 Å². The van der Waals surface area contributed by atoms with Crippen molar-refractivity contribution in [2.24, 2.45) is 5.41 Å². The number of aryl methyl sites for hydroxylation is 1. The number of likely N-dealkylation sites (tertiary alicyclic amines) is 1. The molecule has 6 N–H and O–H groups in total. The summed E-state index contributed by atoms with van der Waals surface area (Å²) >= 11 is 8.03. The standard InChI is InChI=1S/C54H69ClN11O8PS/c1-34-48(76-33-59-34)36-19-17-35(18-20-36)30-57-51(71)42-29-38(67)32-66(42)52(72)49(54(2,3)4)62-46(69)15-10-14-45(68)56-23-11-16-47(70)65-26-24-64(25-27-65)37-21-22-40(43(28-37)74-5)61-53-58-31-39(55)50(63-53)60-41-12-8-9-13-44(41)75(6,7)73/h8-9,12-13,17-22,28,31,33,38,42,49,67H,10-11,14-16,23-27,29-30,32H2,1-7H3,(H,56,68)(H,57,71)(H,62,69)(H2,58,60,61,63)/t38-,42+,49-/m1/s1. The smallest absolute Gasteiger partial charge is 0.246 e. The Kier molecular flexibility index (Phi) is 19.2.